The van der Waals surface area contributed by atoms with Gasteiger partial charge in [0.2, 0.25) is 5.34 Å². The Kier molecular flexibility index (Phi) is 35.4. The predicted molar refractivity (Wildman–Crippen MR) is 496 cm³/mol. The lowest BCUT2D eigenvalue weighted by Gasteiger charge is -2.33. The van der Waals surface area contributed by atoms with Crippen LogP contribution in [0.1, 0.15) is 122 Å². The zero-order valence-corrected chi connectivity index (χ0v) is 80.5. The van der Waals surface area contributed by atoms with E-state index in [1.165, 1.54) is 140 Å². The number of fused-ring (bicyclic) bond motifs is 1. The minimum atomic E-state index is -3.65. The van der Waals surface area contributed by atoms with E-state index in [2.05, 4.69) is 29.9 Å². The number of aromatic nitrogens is 10. The molecule has 5 aromatic carbocycles. The lowest BCUT2D eigenvalue weighted by atomic mass is 10.1. The minimum absolute atomic E-state index is 0.00354. The van der Waals surface area contributed by atoms with Crippen LogP contribution in [0.2, 0.25) is 15.1 Å². The first kappa shape index (κ1) is 106. The van der Waals surface area contributed by atoms with Crippen LogP contribution in [0.4, 0.5) is 11.6 Å². The Bertz CT molecular complexity index is 6310. The highest BCUT2D eigenvalue weighted by molar-refractivity contribution is 7.42. The zero-order chi connectivity index (χ0) is 101. The van der Waals surface area contributed by atoms with Crippen LogP contribution in [-0.4, -0.2) is 234 Å². The van der Waals surface area contributed by atoms with Gasteiger partial charge in [0.1, 0.15) is 108 Å². The van der Waals surface area contributed by atoms with Gasteiger partial charge in [-0.3, -0.25) is 70.7 Å². The smallest absolute Gasteiger partial charge is 0.351 e. The molecule has 6 saturated heterocycles. The van der Waals surface area contributed by atoms with E-state index < -0.39 is 192 Å². The van der Waals surface area contributed by atoms with Crippen molar-refractivity contribution in [1.29, 1.82) is 0 Å². The maximum absolute atomic E-state index is 13.9. The van der Waals surface area contributed by atoms with E-state index in [0.717, 1.165) is 25.0 Å². The first-order chi connectivity index (χ1) is 66.9. The van der Waals surface area contributed by atoms with Gasteiger partial charge in [0, 0.05) is 93.1 Å². The number of nitrogens with two attached hydrogens (primary N) is 1. The van der Waals surface area contributed by atoms with E-state index in [-0.39, 0.29) is 104 Å². The Morgan fingerprint density at radius 1 is 0.571 bits per heavy atom. The topological polar surface area (TPSA) is 614 Å². The highest BCUT2D eigenvalue weighted by Gasteiger charge is 2.64. The molecule has 0 aliphatic carbocycles. The number of benzene rings is 5. The van der Waals surface area contributed by atoms with Crippen LogP contribution in [0, 0.1) is 13.8 Å². The third-order valence-electron chi connectivity index (χ3n) is 22.8. The SMILES string of the molecule is CC(=O)CCC(=O)OC[C@H]1O[C@@H](n2cnc3c(N)ncnc32)[C@H](OC2CCCO2)[C@@H]1OC(C)=O.COc1ccc(C(=O)N(C(=O)c2ccc(OC)cc2)c2ccn([C@@H]3O[C@H](CO)[C@](O)([PH](=O)Oc4ccccc4Cl)[C@H]3OC3CCCO3)c(=O)n2)cc1.Cc1cn([C@H]2C[C@@](O)([PH](=O)Oc3ccccc3Cl)[C@@H](CO)O2)c(=O)[nH]c1=O.Cc1cn([C@H]2C[C@@](O)([PH](=O)Oc3ccccc3Cl)[C@@H](CO)O2)c(=O)[nH]c1=O. The molecule has 11 heterocycles. The fourth-order valence-electron chi connectivity index (χ4n) is 15.5. The normalized spacial score (nSPS) is 25.1. The Labute approximate surface area is 810 Å². The van der Waals surface area contributed by atoms with Crippen LogP contribution in [-0.2, 0) is 75.4 Å². The van der Waals surface area contributed by atoms with Gasteiger partial charge in [0.25, 0.3) is 47.0 Å². The summed E-state index contributed by atoms with van der Waals surface area (Å²) < 4.78 is 128. The number of ether oxygens (including phenoxy) is 12. The Morgan fingerprint density at radius 2 is 1.05 bits per heavy atom. The number of imidazole rings is 1. The number of esters is 2. The fraction of sp³-hybridized carbons (Fsp3) is 0.409. The van der Waals surface area contributed by atoms with Crippen molar-refractivity contribution in [3.8, 4) is 28.7 Å². The largest absolute Gasteiger partial charge is 0.497 e. The van der Waals surface area contributed by atoms with Gasteiger partial charge >= 0.3 is 29.0 Å². The number of carbonyl (C=O) groups excluding carboxylic acids is 5. The molecule has 10 N–H and O–H groups in total. The molecule has 140 heavy (non-hydrogen) atoms. The van der Waals surface area contributed by atoms with Crippen LogP contribution in [0.15, 0.2) is 183 Å². The molecule has 10 aromatic rings. The number of hydrogen-bond donors (Lipinski definition) is 9. The van der Waals surface area contributed by atoms with Gasteiger partial charge in [-0.1, -0.05) is 71.2 Å². The summed E-state index contributed by atoms with van der Waals surface area (Å²) >= 11 is 18.2. The van der Waals surface area contributed by atoms with Crippen molar-refractivity contribution >= 4 is 111 Å². The number of nitrogens with zero attached hydrogens (tertiary/aromatic N) is 9. The van der Waals surface area contributed by atoms with Gasteiger partial charge in [-0.25, -0.2) is 34.2 Å². The molecule has 750 valence electrons. The summed E-state index contributed by atoms with van der Waals surface area (Å²) in [5, 5.41) is 57.3. The first-order valence-electron chi connectivity index (χ1n) is 43.2. The summed E-state index contributed by atoms with van der Waals surface area (Å²) in [5.74, 6) is -1.77. The number of hydrogen-bond acceptors (Lipinski definition) is 39. The quantitative estimate of drug-likeness (QED) is 0.0123. The number of nitrogens with one attached hydrogen (secondary N) is 2. The molecule has 2 amide bonds. The molecule has 19 atom stereocenters. The molecular formula is C88H98Cl3N12O34P3. The van der Waals surface area contributed by atoms with E-state index in [1.807, 2.05) is 0 Å². The summed E-state index contributed by atoms with van der Waals surface area (Å²) in [6.45, 7) is 4.23. The lowest BCUT2D eigenvalue weighted by Crippen LogP contribution is -2.50. The molecule has 0 radical (unpaired) electrons. The average Bonchev–Trinajstić information content (AvgIpc) is 1.58. The molecule has 16 rings (SSSR count). The van der Waals surface area contributed by atoms with Crippen molar-refractivity contribution in [1.82, 2.24) is 48.2 Å². The van der Waals surface area contributed by atoms with Crippen molar-refractivity contribution < 1.29 is 139 Å². The number of rotatable bonds is 31. The molecule has 46 nitrogen and oxygen atoms in total. The molecule has 0 spiro atoms. The Hall–Kier alpha value is -11.6. The average molecular weight is 2070 g/mol. The summed E-state index contributed by atoms with van der Waals surface area (Å²) in [7, 11) is -7.16. The zero-order valence-electron chi connectivity index (χ0n) is 75.3. The third-order valence-corrected chi connectivity index (χ3v) is 28.7. The second-order valence-corrected chi connectivity index (χ2v) is 38.3. The summed E-state index contributed by atoms with van der Waals surface area (Å²) in [6, 6.07) is 32.0. The van der Waals surface area contributed by atoms with E-state index in [1.54, 1.807) is 65.2 Å². The van der Waals surface area contributed by atoms with E-state index in [9.17, 15) is 92.3 Å². The first-order valence-corrected chi connectivity index (χ1v) is 48.2. The maximum Gasteiger partial charge on any atom is 0.351 e. The van der Waals surface area contributed by atoms with Crippen molar-refractivity contribution in [3.63, 3.8) is 0 Å². The summed E-state index contributed by atoms with van der Waals surface area (Å²) in [5.41, 5.74) is 3.79. The number of aryl methyl sites for hydroxylation is 2. The second kappa shape index (κ2) is 46.9. The molecule has 5 unspecified atom stereocenters. The monoisotopic (exact) mass is 2060 g/mol. The van der Waals surface area contributed by atoms with Crippen molar-refractivity contribution in [3.05, 3.63) is 248 Å². The van der Waals surface area contributed by atoms with E-state index >= 15 is 0 Å². The number of amides is 2. The van der Waals surface area contributed by atoms with Gasteiger partial charge < -0.3 is 112 Å². The van der Waals surface area contributed by atoms with E-state index in [0.29, 0.717) is 55.1 Å². The standard InChI is InChI=1S/C35H35ClN3O12P.C21H27N5O8.2C16H18ClN2O7P/c1-46-23-13-9-21(10-14-23)31(41)39(32(42)22-11-15-24(47-2)16-12-22)28-17-18-38(34(43)37-28)33-30(50-29-8-5-19-48-29)35(44,27(20-40)49-33)52(45)51-26-7-4-3-6-25(26)36;1-11(27)5-6-14(29)31-8-13-17(32-12(2)28)18(34-15-4-3-7-30-15)21(33-13)26-10-25-16-19(22)23-9-24-20(16)26;2*1-9-7-19(15(22)18-14(9)21)13-6-16(23,12(8-20)25-13)27(24)26-11-5-3-2-4-10(11)17/h3-4,6-7,9-18,27,29-30,33,40,44,52H,5,8,19-20H2,1-2H3;9-10,13,15,17-18,21H,3-8H2,1-2H3,(H2,22,23,24);2*2-5,7,12-13,20,23,27H,6,8H2,1H3,(H,18,21,22)/t27-,29?,30+,33-,35+;13-,15?,17-,18-,21-;2*12-,13-,16-/m1111/s1. The van der Waals surface area contributed by atoms with Gasteiger partial charge in [0.05, 0.1) is 61.9 Å². The fourth-order valence-corrected chi connectivity index (χ4v) is 20.2. The molecule has 6 aliphatic heterocycles. The lowest BCUT2D eigenvalue weighted by molar-refractivity contribution is -0.190. The molecule has 6 aliphatic rings. The van der Waals surface area contributed by atoms with Crippen LogP contribution in [0.3, 0.4) is 0 Å². The van der Waals surface area contributed by atoms with Crippen LogP contribution >= 0.6 is 58.9 Å². The molecule has 52 heteroatoms. The maximum atomic E-state index is 13.9. The number of para-hydroxylation sites is 3. The molecule has 5 aromatic heterocycles. The number of ketones is 1. The van der Waals surface area contributed by atoms with Crippen molar-refractivity contribution in [2.75, 3.05) is 64.5 Å². The number of halogens is 3. The number of methoxy groups -OCH3 is 2. The number of carbonyl (C=O) groups is 5. The molecule has 6 fully saturated rings. The Morgan fingerprint density at radius 3 is 1.49 bits per heavy atom. The second-order valence-electron chi connectivity index (χ2n) is 32.2. The number of Topliss-reactive ketones (excluding diaryl/α,β-unsaturated/α-hetero) is 1. The van der Waals surface area contributed by atoms with Gasteiger partial charge in [-0.05, 0) is 125 Å². The summed E-state index contributed by atoms with van der Waals surface area (Å²) in [4.78, 5) is 146. The minimum Gasteiger partial charge on any atom is -0.497 e. The molecule has 0 bridgehead atoms. The molecular weight excluding hydrogens is 1970 g/mol. The highest BCUT2D eigenvalue weighted by Crippen LogP contribution is 2.57. The van der Waals surface area contributed by atoms with Gasteiger partial charge in [0.15, 0.2) is 53.3 Å². The van der Waals surface area contributed by atoms with Crippen molar-refractivity contribution in [2.24, 2.45) is 0 Å². The van der Waals surface area contributed by atoms with Gasteiger partial charge in [-0.15, -0.1) is 0 Å². The number of aliphatic hydroxyl groups excluding tert-OH is 3. The number of H-pyrrole nitrogens is 2. The third kappa shape index (κ3) is 24.1. The highest BCUT2D eigenvalue weighted by atomic mass is 35.5. The molecule has 0 saturated carbocycles. The number of nitrogen functional groups attached to an aromatic ring is 1. The summed E-state index contributed by atoms with van der Waals surface area (Å²) in [6.07, 6.45) is -5.60. The number of aliphatic hydroxyl groups is 6. The number of anilines is 2. The van der Waals surface area contributed by atoms with E-state index in [4.69, 9.17) is 111 Å². The predicted octanol–water partition coefficient (Wildman–Crippen LogP) is 6.77. The van der Waals surface area contributed by atoms with Crippen molar-refractivity contribution in [2.45, 2.75) is 175 Å². The van der Waals surface area contributed by atoms with Crippen LogP contribution in [0.25, 0.3) is 11.2 Å². The van der Waals surface area contributed by atoms with Crippen LogP contribution < -0.4 is 61.9 Å². The number of aromatic amines is 2. The van der Waals surface area contributed by atoms with Crippen LogP contribution in [0.5, 0.6) is 28.7 Å². The van der Waals surface area contributed by atoms with Gasteiger partial charge in [-0.2, -0.15) is 4.98 Å². The Balaban J connectivity index is 0.000000164. The number of imide groups is 1.